The topological polar surface area (TPSA) is 463 Å². The average molecular weight is 1290 g/mol. The summed E-state index contributed by atoms with van der Waals surface area (Å²) in [5.74, 6) is -6.74. The molecule has 0 aromatic heterocycles. The minimum absolute atomic E-state index is 0.0312. The molecule has 7 rings (SSSR count). The normalized spacial score (nSPS) is 21.5. The maximum absolute atomic E-state index is 14.4. The van der Waals surface area contributed by atoms with E-state index in [1.165, 1.54) is 14.7 Å². The Morgan fingerprint density at radius 1 is 0.593 bits per heavy atom. The number of carbonyl (C=O) groups is 11. The Morgan fingerprint density at radius 2 is 1.11 bits per heavy atom. The quantitative estimate of drug-likeness (QED) is 0.0146. The van der Waals surface area contributed by atoms with Gasteiger partial charge < -0.3 is 90.4 Å². The molecule has 5 fully saturated rings. The fourth-order valence-corrected chi connectivity index (χ4v) is 13.7. The predicted octanol–water partition coefficient (Wildman–Crippen LogP) is -3.11. The number of unbranched alkanes of at least 4 members (excludes halogenated alkanes) is 1. The minimum atomic E-state index is -1.61. The lowest BCUT2D eigenvalue weighted by molar-refractivity contribution is -0.148. The molecule has 496 valence electrons. The van der Waals surface area contributed by atoms with E-state index >= 15 is 0 Å². The second-order valence-corrected chi connectivity index (χ2v) is 24.6. The molecule has 30 nitrogen and oxygen atoms in total. The number of hydrogen-bond donors (Lipinski definition) is 14. The van der Waals surface area contributed by atoms with Crippen molar-refractivity contribution in [1.82, 2.24) is 57.2 Å². The van der Waals surface area contributed by atoms with Gasteiger partial charge in [0, 0.05) is 63.0 Å². The zero-order chi connectivity index (χ0) is 65.6. The van der Waals surface area contributed by atoms with E-state index in [0.717, 1.165) is 18.6 Å². The maximum atomic E-state index is 14.4. The molecule has 91 heavy (non-hydrogen) atoms. The highest BCUT2D eigenvalue weighted by Gasteiger charge is 2.46. The van der Waals surface area contributed by atoms with Crippen LogP contribution in [-0.4, -0.2) is 219 Å². The van der Waals surface area contributed by atoms with Crippen molar-refractivity contribution < 1.29 is 63.0 Å². The summed E-state index contributed by atoms with van der Waals surface area (Å²) in [6.07, 6.45) is 4.82. The van der Waals surface area contributed by atoms with Crippen LogP contribution in [0.4, 0.5) is 4.79 Å². The Kier molecular flexibility index (Phi) is 26.4. The molecule has 0 spiro atoms. The van der Waals surface area contributed by atoms with Crippen LogP contribution < -0.4 is 65.5 Å². The van der Waals surface area contributed by atoms with Crippen LogP contribution in [0.15, 0.2) is 70.6 Å². The van der Waals surface area contributed by atoms with Crippen molar-refractivity contribution in [3.63, 3.8) is 0 Å². The summed E-state index contributed by atoms with van der Waals surface area (Å²) in [6.45, 7) is -0.767. The zero-order valence-corrected chi connectivity index (χ0v) is 51.8. The second-order valence-electron chi connectivity index (χ2n) is 23.4. The number of urea groups is 1. The molecule has 11 amide bonds. The molecule has 0 saturated carbocycles. The molecule has 11 atom stereocenters. The number of hydrogen-bond acceptors (Lipinski definition) is 15. The zero-order valence-electron chi connectivity index (χ0n) is 50.9. The minimum Gasteiger partial charge on any atom is -0.480 e. The lowest BCUT2D eigenvalue weighted by Gasteiger charge is -2.33. The number of fused-ring (bicyclic) bond motifs is 1. The number of nitrogens with one attached hydrogen (secondary N) is 8. The van der Waals surface area contributed by atoms with Crippen LogP contribution in [0.25, 0.3) is 0 Å². The molecule has 5 saturated heterocycles. The highest BCUT2D eigenvalue weighted by atomic mass is 32.2. The van der Waals surface area contributed by atoms with Gasteiger partial charge in [0.15, 0.2) is 11.9 Å². The van der Waals surface area contributed by atoms with Gasteiger partial charge in [-0.05, 0) is 88.2 Å². The predicted molar refractivity (Wildman–Crippen MR) is 336 cm³/mol. The Bertz CT molecular complexity index is 2960. The van der Waals surface area contributed by atoms with Gasteiger partial charge in [-0.2, -0.15) is 11.8 Å². The first-order valence-electron chi connectivity index (χ1n) is 31.1. The van der Waals surface area contributed by atoms with Gasteiger partial charge in [0.1, 0.15) is 48.3 Å². The van der Waals surface area contributed by atoms with Crippen molar-refractivity contribution in [1.29, 1.82) is 0 Å². The fraction of sp³-hybridized carbons (Fsp3) is 0.583. The summed E-state index contributed by atoms with van der Waals surface area (Å²) in [5, 5.41) is 42.5. The van der Waals surface area contributed by atoms with Crippen molar-refractivity contribution in [2.75, 3.05) is 51.6 Å². The number of amides is 11. The van der Waals surface area contributed by atoms with E-state index in [1.54, 1.807) is 72.4 Å². The Morgan fingerprint density at radius 3 is 1.69 bits per heavy atom. The lowest BCUT2D eigenvalue weighted by atomic mass is 10.0. The third kappa shape index (κ3) is 20.4. The van der Waals surface area contributed by atoms with Crippen LogP contribution in [0.3, 0.4) is 0 Å². The van der Waals surface area contributed by atoms with E-state index in [4.69, 9.17) is 22.9 Å². The van der Waals surface area contributed by atoms with Crippen molar-refractivity contribution in [3.8, 4) is 0 Å². The van der Waals surface area contributed by atoms with Gasteiger partial charge >= 0.3 is 12.0 Å². The van der Waals surface area contributed by atoms with E-state index < -0.39 is 115 Å². The first-order chi connectivity index (χ1) is 43.7. The molecular weight excluding hydrogens is 1200 g/mol. The summed E-state index contributed by atoms with van der Waals surface area (Å²) >= 11 is 1.79. The monoisotopic (exact) mass is 1290 g/mol. The van der Waals surface area contributed by atoms with Gasteiger partial charge in [-0.3, -0.25) is 53.1 Å². The van der Waals surface area contributed by atoms with Crippen LogP contribution in [-0.2, 0) is 60.8 Å². The molecule has 0 unspecified atom stereocenters. The number of carbonyl (C=O) groups excluding carboxylic acids is 10. The molecule has 0 radical (unpaired) electrons. The summed E-state index contributed by atoms with van der Waals surface area (Å²) in [7, 11) is 0. The van der Waals surface area contributed by atoms with Gasteiger partial charge in [0.2, 0.25) is 53.2 Å². The van der Waals surface area contributed by atoms with Crippen LogP contribution in [0.1, 0.15) is 101 Å². The number of aliphatic imine (C=N–C) groups is 2. The molecule has 18 N–H and O–H groups in total. The van der Waals surface area contributed by atoms with Crippen LogP contribution >= 0.6 is 11.8 Å². The highest BCUT2D eigenvalue weighted by Crippen LogP contribution is 2.33. The van der Waals surface area contributed by atoms with E-state index in [9.17, 15) is 63.0 Å². The number of thioether (sulfide) groups is 1. The van der Waals surface area contributed by atoms with Gasteiger partial charge in [0.05, 0.1) is 25.2 Å². The average Bonchev–Trinajstić information content (AvgIpc) is 1.95. The van der Waals surface area contributed by atoms with Crippen molar-refractivity contribution in [3.05, 3.63) is 71.8 Å². The number of aliphatic hydroxyl groups excluding tert-OH is 1. The SMILES string of the molecule is NC(N)=NCCC[C@H](NC(=O)[C@H](Cc1ccccc1)NC(=O)[C@@H]1CCCN1C(=O)[C@H](CO)NC(=O)[C@H](Cc1ccccc1)NC(=O)CNC(=O)[C@@H]1CCCN1C(=O)[C@@H]1CCCN1C(=O)[C@H](CCCN=C(N)N)NC(=O)CCCC[C@@H]1SC[C@@H]2NC(=O)N[C@@H]21)C(=O)O. The molecule has 5 aliphatic heterocycles. The first kappa shape index (κ1) is 69.7. The largest absolute Gasteiger partial charge is 0.480 e. The van der Waals surface area contributed by atoms with Gasteiger partial charge in [-0.15, -0.1) is 0 Å². The number of likely N-dealkylation sites (tertiary alicyclic amines) is 3. The number of nitrogens with zero attached hydrogens (tertiary/aromatic N) is 5. The molecule has 0 aliphatic carbocycles. The van der Waals surface area contributed by atoms with Crippen LogP contribution in [0.5, 0.6) is 0 Å². The lowest BCUT2D eigenvalue weighted by Crippen LogP contribution is -2.60. The van der Waals surface area contributed by atoms with Gasteiger partial charge in [0.25, 0.3) is 0 Å². The fourth-order valence-electron chi connectivity index (χ4n) is 12.2. The maximum Gasteiger partial charge on any atom is 0.326 e. The smallest absolute Gasteiger partial charge is 0.326 e. The van der Waals surface area contributed by atoms with Crippen LogP contribution in [0, 0.1) is 0 Å². The standard InChI is InChI=1S/C60H87N17O13S/c61-58(62)65-25-9-18-37(68-47(79)24-8-7-23-46-49-42(34-91-46)73-60(90)74-49)54(85)77-29-13-22-45(77)56(87)76-28-11-20-43(76)52(83)67-32-48(80)69-39(30-35-14-3-1-4-15-35)50(81)72-41(33-78)55(86)75-27-12-21-44(75)53(84)71-40(31-36-16-5-2-6-17-36)51(82)70-38(57(88)89)19-10-26-66-59(63)64/h1-6,14-17,37-46,49,78H,7-13,18-34H2,(H,67,83)(H,68,79)(H,69,80)(H,70,82)(H,71,84)(H,72,81)(H,88,89)(H4,61,62,65)(H4,63,64,66)(H2,73,74,90)/t37-,38-,39-,40-,41-,42-,43-,44-,45-,46-,49-/m0/s1. The number of guanidine groups is 2. The van der Waals surface area contributed by atoms with Crippen LogP contribution in [0.2, 0.25) is 0 Å². The van der Waals surface area contributed by atoms with E-state index in [1.807, 2.05) is 0 Å². The highest BCUT2D eigenvalue weighted by molar-refractivity contribution is 8.00. The third-order valence-corrected chi connectivity index (χ3v) is 18.3. The van der Waals surface area contributed by atoms with E-state index in [0.29, 0.717) is 49.7 Å². The Labute approximate surface area is 531 Å². The molecule has 0 bridgehead atoms. The molecule has 2 aromatic rings. The van der Waals surface area contributed by atoms with Crippen molar-refractivity contribution in [2.45, 2.75) is 168 Å². The molecule has 5 aliphatic rings. The molecule has 2 aromatic carbocycles. The summed E-state index contributed by atoms with van der Waals surface area (Å²) in [5.41, 5.74) is 23.1. The summed E-state index contributed by atoms with van der Waals surface area (Å²) in [4.78, 5) is 162. The first-order valence-corrected chi connectivity index (χ1v) is 32.2. The number of aliphatic carboxylic acids is 1. The number of carboxylic acid groups (broad SMARTS) is 1. The molecule has 31 heteroatoms. The number of carboxylic acids is 1. The molecular formula is C60H87N17O13S. The van der Waals surface area contributed by atoms with E-state index in [2.05, 4.69) is 52.5 Å². The summed E-state index contributed by atoms with van der Waals surface area (Å²) in [6, 6.07) is 7.50. The number of aliphatic hydroxyl groups is 1. The van der Waals surface area contributed by atoms with Crippen molar-refractivity contribution in [2.24, 2.45) is 32.9 Å². The number of nitrogens with two attached hydrogens (primary N) is 4. The van der Waals surface area contributed by atoms with Gasteiger partial charge in [-0.25, -0.2) is 9.59 Å². The number of rotatable bonds is 33. The third-order valence-electron chi connectivity index (χ3n) is 16.8. The Balaban J connectivity index is 0.940. The molecule has 5 heterocycles. The second kappa shape index (κ2) is 34.5. The number of benzene rings is 2. The Hall–Kier alpha value is -8.74. The summed E-state index contributed by atoms with van der Waals surface area (Å²) < 4.78 is 0. The van der Waals surface area contributed by atoms with Crippen molar-refractivity contribution >= 4 is 88.8 Å². The van der Waals surface area contributed by atoms with Gasteiger partial charge in [-0.1, -0.05) is 67.1 Å². The van der Waals surface area contributed by atoms with E-state index in [-0.39, 0.29) is 125 Å².